The van der Waals surface area contributed by atoms with Crippen molar-refractivity contribution in [2.75, 3.05) is 47.2 Å². The summed E-state index contributed by atoms with van der Waals surface area (Å²) in [7, 11) is 2.53. The van der Waals surface area contributed by atoms with Gasteiger partial charge >= 0.3 is 12.2 Å². The first kappa shape index (κ1) is 40.9. The van der Waals surface area contributed by atoms with Crippen LogP contribution in [0.5, 0.6) is 0 Å². The van der Waals surface area contributed by atoms with Crippen LogP contribution in [0.15, 0.2) is 60.9 Å². The van der Waals surface area contributed by atoms with E-state index < -0.39 is 37.0 Å². The number of hydrogen-bond donors (Lipinski definition) is 4. The highest BCUT2D eigenvalue weighted by Gasteiger charge is 2.41. The third kappa shape index (κ3) is 9.11. The van der Waals surface area contributed by atoms with E-state index in [9.17, 15) is 23.6 Å². The Morgan fingerprint density at radius 1 is 0.737 bits per heavy atom. The van der Waals surface area contributed by atoms with Gasteiger partial charge in [0, 0.05) is 19.6 Å². The zero-order chi connectivity index (χ0) is 40.8. The van der Waals surface area contributed by atoms with E-state index in [-0.39, 0.29) is 42.9 Å². The van der Waals surface area contributed by atoms with E-state index in [1.807, 2.05) is 81.1 Å². The number of nitrogens with one attached hydrogen (secondary N) is 4. The predicted octanol–water partition coefficient (Wildman–Crippen LogP) is 5.67. The lowest BCUT2D eigenvalue weighted by Crippen LogP contribution is -2.51. The van der Waals surface area contributed by atoms with Crippen LogP contribution in [0.3, 0.4) is 0 Å². The number of amides is 4. The fraction of sp³-hybridized carbons (Fsp3) is 0.463. The molecule has 0 bridgehead atoms. The van der Waals surface area contributed by atoms with Crippen LogP contribution >= 0.6 is 0 Å². The molecule has 304 valence electrons. The Hall–Kier alpha value is -5.77. The summed E-state index contributed by atoms with van der Waals surface area (Å²) in [6, 6.07) is 14.0. The number of ether oxygens (including phenoxy) is 2. The Labute approximate surface area is 331 Å². The molecule has 4 N–H and O–H groups in total. The van der Waals surface area contributed by atoms with Gasteiger partial charge in [0.25, 0.3) is 0 Å². The maximum atomic E-state index is 13.7. The summed E-state index contributed by atoms with van der Waals surface area (Å²) < 4.78 is 22.9. The summed E-state index contributed by atoms with van der Waals surface area (Å²) in [6.07, 6.45) is 3.79. The maximum Gasteiger partial charge on any atom is 0.407 e. The lowest BCUT2D eigenvalue weighted by molar-refractivity contribution is -0.136. The highest BCUT2D eigenvalue weighted by molar-refractivity contribution is 5.87. The molecule has 15 nitrogen and oxygen atoms in total. The fourth-order valence-electron chi connectivity index (χ4n) is 7.51. The van der Waals surface area contributed by atoms with Gasteiger partial charge in [-0.15, -0.1) is 0 Å². The second-order valence-electron chi connectivity index (χ2n) is 15.2. The van der Waals surface area contributed by atoms with Gasteiger partial charge in [-0.05, 0) is 46.9 Å². The molecule has 2 saturated heterocycles. The molecule has 0 radical (unpaired) electrons. The Balaban J connectivity index is 1.13. The van der Waals surface area contributed by atoms with Crippen LogP contribution in [0.2, 0.25) is 0 Å². The number of methoxy groups -OCH3 is 2. The van der Waals surface area contributed by atoms with Crippen LogP contribution in [0.4, 0.5) is 14.0 Å². The Morgan fingerprint density at radius 3 is 1.65 bits per heavy atom. The van der Waals surface area contributed by atoms with Crippen molar-refractivity contribution in [1.29, 1.82) is 0 Å². The normalized spacial score (nSPS) is 18.2. The molecule has 0 saturated carbocycles. The third-order valence-corrected chi connectivity index (χ3v) is 10.7. The summed E-state index contributed by atoms with van der Waals surface area (Å²) in [6.45, 7) is 8.28. The number of hydrogen-bond acceptors (Lipinski definition) is 9. The maximum absolute atomic E-state index is 13.7. The second kappa shape index (κ2) is 18.0. The quantitative estimate of drug-likeness (QED) is 0.133. The number of likely N-dealkylation sites (tertiary alicyclic amines) is 1. The summed E-state index contributed by atoms with van der Waals surface area (Å²) in [5.74, 6) is 0.513. The van der Waals surface area contributed by atoms with Gasteiger partial charge < -0.3 is 39.9 Å². The number of imidazole rings is 2. The molecule has 16 heteroatoms. The first-order valence-electron chi connectivity index (χ1n) is 19.3. The van der Waals surface area contributed by atoms with Crippen LogP contribution in [-0.2, 0) is 19.1 Å². The van der Waals surface area contributed by atoms with Gasteiger partial charge in [-0.2, -0.15) is 0 Å². The number of alkyl carbamates (subject to hydrolysis) is 2. The minimum atomic E-state index is -0.819. The van der Waals surface area contributed by atoms with Crippen molar-refractivity contribution in [3.63, 3.8) is 0 Å². The van der Waals surface area contributed by atoms with Crippen molar-refractivity contribution in [2.24, 2.45) is 11.8 Å². The van der Waals surface area contributed by atoms with Crippen molar-refractivity contribution in [3.05, 3.63) is 72.6 Å². The Bertz CT molecular complexity index is 2010. The molecule has 6 rings (SSSR count). The van der Waals surface area contributed by atoms with E-state index >= 15 is 0 Å². The largest absolute Gasteiger partial charge is 0.453 e. The third-order valence-electron chi connectivity index (χ3n) is 10.7. The number of halogens is 1. The molecular formula is C41H52FN9O6. The van der Waals surface area contributed by atoms with E-state index in [2.05, 4.69) is 30.6 Å². The van der Waals surface area contributed by atoms with Crippen molar-refractivity contribution in [1.82, 2.24) is 45.3 Å². The molecule has 4 atom stereocenters. The standard InChI is InChI=1S/C41H52FN9O6/c1-24(2)34(47-40(54)56-5)38(52)50-18-7-8-32(50)36-43-20-30(45-36)28-13-9-26(10-14-28)27-11-15-29(16-12-27)31-21-44-37(46-31)33-22-49(19-17-42)23-51(33)39(53)35(25(3)4)48-41(55)57-6/h9-16,20-21,24-25,32-35H,7-8,17-19,22-23H2,1-6H3,(H,43,45)(H,44,46)(H,47,54)(H,48,55)/t32-,33-,34-,35-/m0/s1. The number of alkyl halides is 1. The number of nitrogens with zero attached hydrogens (tertiary/aromatic N) is 5. The van der Waals surface area contributed by atoms with Gasteiger partial charge in [-0.3, -0.25) is 14.5 Å². The van der Waals surface area contributed by atoms with Crippen molar-refractivity contribution in [3.8, 4) is 33.6 Å². The number of rotatable bonds is 13. The predicted molar refractivity (Wildman–Crippen MR) is 211 cm³/mol. The summed E-state index contributed by atoms with van der Waals surface area (Å²) in [5.41, 5.74) is 5.51. The first-order valence-corrected chi connectivity index (χ1v) is 19.3. The molecule has 4 heterocycles. The number of carbonyl (C=O) groups is 4. The second-order valence-corrected chi connectivity index (χ2v) is 15.2. The van der Waals surface area contributed by atoms with E-state index in [0.717, 1.165) is 46.5 Å². The number of benzene rings is 2. The van der Waals surface area contributed by atoms with Crippen molar-refractivity contribution in [2.45, 2.75) is 64.7 Å². The average Bonchev–Trinajstić information content (AvgIpc) is 4.05. The van der Waals surface area contributed by atoms with Gasteiger partial charge in [0.1, 0.15) is 36.4 Å². The number of H-pyrrole nitrogens is 2. The van der Waals surface area contributed by atoms with Gasteiger partial charge in [0.15, 0.2) is 0 Å². The Morgan fingerprint density at radius 2 is 1.19 bits per heavy atom. The minimum absolute atomic E-state index is 0.116. The molecule has 2 aromatic carbocycles. The molecule has 0 spiro atoms. The minimum Gasteiger partial charge on any atom is -0.453 e. The average molecular weight is 786 g/mol. The van der Waals surface area contributed by atoms with Gasteiger partial charge in [0.2, 0.25) is 11.8 Å². The zero-order valence-electron chi connectivity index (χ0n) is 33.3. The van der Waals surface area contributed by atoms with Crippen molar-refractivity contribution >= 4 is 24.0 Å². The van der Waals surface area contributed by atoms with Crippen molar-refractivity contribution < 1.29 is 33.0 Å². The van der Waals surface area contributed by atoms with Crippen LogP contribution in [-0.4, -0.2) is 118 Å². The Kier molecular flexibility index (Phi) is 12.9. The van der Waals surface area contributed by atoms with Crippen LogP contribution < -0.4 is 10.6 Å². The molecule has 2 aliphatic heterocycles. The number of carbonyl (C=O) groups excluding carboxylic acids is 4. The van der Waals surface area contributed by atoms with Crippen LogP contribution in [0, 0.1) is 11.8 Å². The van der Waals surface area contributed by atoms with E-state index in [1.54, 1.807) is 22.2 Å². The van der Waals surface area contributed by atoms with E-state index in [1.165, 1.54) is 14.2 Å². The van der Waals surface area contributed by atoms with Crippen LogP contribution in [0.25, 0.3) is 33.6 Å². The van der Waals surface area contributed by atoms with Gasteiger partial charge in [-0.1, -0.05) is 76.2 Å². The molecule has 57 heavy (non-hydrogen) atoms. The summed E-state index contributed by atoms with van der Waals surface area (Å²) in [4.78, 5) is 72.7. The number of aromatic nitrogens is 4. The smallest absolute Gasteiger partial charge is 0.407 e. The molecule has 4 aromatic rings. The molecule has 2 aromatic heterocycles. The molecule has 0 unspecified atom stereocenters. The SMILES string of the molecule is COC(=O)N[C@H](C(=O)N1CCC[C@H]1c1ncc(-c2ccc(-c3ccc(-c4cnc([C@@H]5CN(CCF)CN5C(=O)[C@@H](NC(=O)OC)C(C)C)[nH]4)cc3)cc2)[nH]1)C(C)C. The first-order chi connectivity index (χ1) is 27.4. The summed E-state index contributed by atoms with van der Waals surface area (Å²) in [5, 5.41) is 5.33. The highest BCUT2D eigenvalue weighted by atomic mass is 19.1. The van der Waals surface area contributed by atoms with Gasteiger partial charge in [0.05, 0.1) is 50.7 Å². The van der Waals surface area contributed by atoms with Crippen LogP contribution in [0.1, 0.15) is 64.3 Å². The molecule has 0 aliphatic carbocycles. The zero-order valence-corrected chi connectivity index (χ0v) is 33.3. The monoisotopic (exact) mass is 785 g/mol. The van der Waals surface area contributed by atoms with E-state index in [4.69, 9.17) is 9.47 Å². The molecule has 2 fully saturated rings. The molecular weight excluding hydrogens is 734 g/mol. The highest BCUT2D eigenvalue weighted by Crippen LogP contribution is 2.34. The lowest BCUT2D eigenvalue weighted by atomic mass is 10.0. The summed E-state index contributed by atoms with van der Waals surface area (Å²) >= 11 is 0. The topological polar surface area (TPSA) is 178 Å². The number of aromatic amines is 2. The lowest BCUT2D eigenvalue weighted by Gasteiger charge is -2.30. The van der Waals surface area contributed by atoms with E-state index in [0.29, 0.717) is 24.7 Å². The van der Waals surface area contributed by atoms with Gasteiger partial charge in [-0.25, -0.2) is 23.9 Å². The molecule has 4 amide bonds. The molecule has 2 aliphatic rings. The fourth-order valence-corrected chi connectivity index (χ4v) is 7.51.